The van der Waals surface area contributed by atoms with Crippen molar-refractivity contribution >= 4 is 31.7 Å². The van der Waals surface area contributed by atoms with Gasteiger partial charge in [0, 0.05) is 16.3 Å². The van der Waals surface area contributed by atoms with Crippen molar-refractivity contribution in [2.75, 3.05) is 6.26 Å². The van der Waals surface area contributed by atoms with Crippen LogP contribution >= 0.6 is 15.9 Å². The first-order chi connectivity index (χ1) is 7.27. The quantitative estimate of drug-likeness (QED) is 0.841. The van der Waals surface area contributed by atoms with Crippen LogP contribution in [0.15, 0.2) is 21.5 Å². The van der Waals surface area contributed by atoms with E-state index in [0.717, 1.165) is 12.3 Å². The van der Waals surface area contributed by atoms with Crippen LogP contribution in [0, 0.1) is 12.3 Å². The standard InChI is InChI=1S/C10H7BrO4S/c1-3-6-4-8(11)9(16(2,14)15)5-7(6)10(12)13/h1,4-5H,2H3,(H,12,13). The molecule has 6 heteroatoms. The van der Waals surface area contributed by atoms with Gasteiger partial charge in [-0.05, 0) is 28.1 Å². The number of rotatable bonds is 2. The molecule has 0 spiro atoms. The number of hydrogen-bond donors (Lipinski definition) is 1. The molecule has 0 fully saturated rings. The molecule has 4 nitrogen and oxygen atoms in total. The highest BCUT2D eigenvalue weighted by Crippen LogP contribution is 2.25. The molecule has 84 valence electrons. The molecule has 0 aliphatic rings. The molecule has 1 aromatic rings. The molecule has 0 aliphatic heterocycles. The minimum Gasteiger partial charge on any atom is -0.478 e. The van der Waals surface area contributed by atoms with Crippen molar-refractivity contribution in [3.63, 3.8) is 0 Å². The Kier molecular flexibility index (Phi) is 3.41. The van der Waals surface area contributed by atoms with E-state index in [4.69, 9.17) is 11.5 Å². The summed E-state index contributed by atoms with van der Waals surface area (Å²) in [6, 6.07) is 2.36. The Morgan fingerprint density at radius 1 is 1.50 bits per heavy atom. The molecule has 0 radical (unpaired) electrons. The molecule has 1 rings (SSSR count). The molecular weight excluding hydrogens is 296 g/mol. The fourth-order valence-corrected chi connectivity index (χ4v) is 3.10. The zero-order valence-corrected chi connectivity index (χ0v) is 10.6. The maximum absolute atomic E-state index is 11.4. The minimum absolute atomic E-state index is 0.0936. The molecule has 0 aliphatic carbocycles. The lowest BCUT2D eigenvalue weighted by Crippen LogP contribution is -2.05. The number of aromatic carboxylic acids is 1. The Morgan fingerprint density at radius 3 is 2.44 bits per heavy atom. The average Bonchev–Trinajstić information content (AvgIpc) is 2.14. The molecule has 0 bridgehead atoms. The predicted molar refractivity (Wildman–Crippen MR) is 62.1 cm³/mol. The molecule has 16 heavy (non-hydrogen) atoms. The fourth-order valence-electron chi connectivity index (χ4n) is 1.13. The molecule has 0 aromatic heterocycles. The summed E-state index contributed by atoms with van der Waals surface area (Å²) in [5.41, 5.74) is -0.0714. The van der Waals surface area contributed by atoms with Gasteiger partial charge in [-0.1, -0.05) is 5.92 Å². The van der Waals surface area contributed by atoms with E-state index in [1.54, 1.807) is 0 Å². The van der Waals surface area contributed by atoms with Crippen LogP contribution in [-0.4, -0.2) is 25.7 Å². The predicted octanol–water partition coefficient (Wildman–Crippen LogP) is 1.53. The van der Waals surface area contributed by atoms with Crippen LogP contribution in [0.25, 0.3) is 0 Å². The SMILES string of the molecule is C#Cc1cc(Br)c(S(C)(=O)=O)cc1C(=O)O. The Balaban J connectivity index is 3.67. The zero-order chi connectivity index (χ0) is 12.5. The van der Waals surface area contributed by atoms with Gasteiger partial charge in [0.1, 0.15) is 0 Å². The van der Waals surface area contributed by atoms with Gasteiger partial charge in [-0.15, -0.1) is 6.42 Å². The van der Waals surface area contributed by atoms with Crippen molar-refractivity contribution in [2.24, 2.45) is 0 Å². The smallest absolute Gasteiger partial charge is 0.337 e. The van der Waals surface area contributed by atoms with Crippen molar-refractivity contribution in [3.05, 3.63) is 27.7 Å². The van der Waals surface area contributed by atoms with Gasteiger partial charge in [0.25, 0.3) is 0 Å². The van der Waals surface area contributed by atoms with Crippen LogP contribution < -0.4 is 0 Å². The van der Waals surface area contributed by atoms with Crippen LogP contribution in [0.4, 0.5) is 0 Å². The van der Waals surface area contributed by atoms with E-state index in [-0.39, 0.29) is 20.5 Å². The van der Waals surface area contributed by atoms with E-state index in [1.165, 1.54) is 6.07 Å². The molecule has 1 N–H and O–H groups in total. The molecule has 0 amide bonds. The number of benzene rings is 1. The summed E-state index contributed by atoms with van der Waals surface area (Å²) in [6.45, 7) is 0. The molecule has 0 atom stereocenters. The van der Waals surface area contributed by atoms with Crippen LogP contribution in [-0.2, 0) is 9.84 Å². The van der Waals surface area contributed by atoms with Crippen molar-refractivity contribution < 1.29 is 18.3 Å². The second kappa shape index (κ2) is 4.28. The summed E-state index contributed by atoms with van der Waals surface area (Å²) in [5, 5.41) is 8.87. The largest absolute Gasteiger partial charge is 0.478 e. The summed E-state index contributed by atoms with van der Waals surface area (Å²) >= 11 is 3.04. The van der Waals surface area contributed by atoms with Crippen molar-refractivity contribution in [1.82, 2.24) is 0 Å². The summed E-state index contributed by atoms with van der Waals surface area (Å²) in [6.07, 6.45) is 6.13. The van der Waals surface area contributed by atoms with Crippen LogP contribution in [0.1, 0.15) is 15.9 Å². The van der Waals surface area contributed by atoms with Gasteiger partial charge in [0.15, 0.2) is 9.84 Å². The third-order valence-corrected chi connectivity index (χ3v) is 3.91. The van der Waals surface area contributed by atoms with E-state index in [1.807, 2.05) is 0 Å². The first kappa shape index (κ1) is 12.7. The normalized spacial score (nSPS) is 10.8. The molecule has 0 saturated carbocycles. The third-order valence-electron chi connectivity index (χ3n) is 1.86. The van der Waals surface area contributed by atoms with Gasteiger partial charge in [0.2, 0.25) is 0 Å². The number of carbonyl (C=O) groups is 1. The van der Waals surface area contributed by atoms with Gasteiger partial charge in [-0.25, -0.2) is 13.2 Å². The first-order valence-corrected chi connectivity index (χ1v) is 6.69. The van der Waals surface area contributed by atoms with Gasteiger partial charge < -0.3 is 5.11 Å². The number of hydrogen-bond acceptors (Lipinski definition) is 3. The lowest BCUT2D eigenvalue weighted by atomic mass is 10.1. The maximum atomic E-state index is 11.4. The molecule has 0 heterocycles. The Hall–Kier alpha value is -1.32. The van der Waals surface area contributed by atoms with Gasteiger partial charge >= 0.3 is 5.97 Å². The molecular formula is C10H7BrO4S. The summed E-state index contributed by atoms with van der Waals surface area (Å²) in [4.78, 5) is 10.8. The van der Waals surface area contributed by atoms with E-state index >= 15 is 0 Å². The highest BCUT2D eigenvalue weighted by molar-refractivity contribution is 9.10. The van der Waals surface area contributed by atoms with Crippen LogP contribution in [0.5, 0.6) is 0 Å². The first-order valence-electron chi connectivity index (χ1n) is 4.01. The van der Waals surface area contributed by atoms with Gasteiger partial charge in [-0.3, -0.25) is 0 Å². The number of carboxylic acid groups (broad SMARTS) is 1. The summed E-state index contributed by atoms with van der Waals surface area (Å²) in [5.74, 6) is 0.932. The summed E-state index contributed by atoms with van der Waals surface area (Å²) in [7, 11) is -3.49. The van der Waals surface area contributed by atoms with Crippen LogP contribution in [0.2, 0.25) is 0 Å². The monoisotopic (exact) mass is 302 g/mol. The lowest BCUT2D eigenvalue weighted by molar-refractivity contribution is 0.0696. The maximum Gasteiger partial charge on any atom is 0.337 e. The van der Waals surface area contributed by atoms with Gasteiger partial charge in [0.05, 0.1) is 10.5 Å². The topological polar surface area (TPSA) is 71.4 Å². The van der Waals surface area contributed by atoms with E-state index in [0.29, 0.717) is 0 Å². The molecule has 0 unspecified atom stereocenters. The van der Waals surface area contributed by atoms with Crippen molar-refractivity contribution in [1.29, 1.82) is 0 Å². The number of sulfone groups is 1. The minimum atomic E-state index is -3.49. The van der Waals surface area contributed by atoms with Crippen LogP contribution in [0.3, 0.4) is 0 Å². The second-order valence-corrected chi connectivity index (χ2v) is 5.89. The molecule has 0 saturated heterocycles. The third kappa shape index (κ3) is 2.43. The van der Waals surface area contributed by atoms with Gasteiger partial charge in [-0.2, -0.15) is 0 Å². The highest BCUT2D eigenvalue weighted by Gasteiger charge is 2.18. The number of carboxylic acids is 1. The van der Waals surface area contributed by atoms with Crippen molar-refractivity contribution in [2.45, 2.75) is 4.90 Å². The highest BCUT2D eigenvalue weighted by atomic mass is 79.9. The average molecular weight is 303 g/mol. The summed E-state index contributed by atoms with van der Waals surface area (Å²) < 4.78 is 23.0. The van der Waals surface area contributed by atoms with E-state index < -0.39 is 15.8 Å². The lowest BCUT2D eigenvalue weighted by Gasteiger charge is -2.06. The fraction of sp³-hybridized carbons (Fsp3) is 0.100. The van der Waals surface area contributed by atoms with Crippen molar-refractivity contribution in [3.8, 4) is 12.3 Å². The number of terminal acetylenes is 1. The zero-order valence-electron chi connectivity index (χ0n) is 8.19. The van der Waals surface area contributed by atoms with E-state index in [2.05, 4.69) is 21.9 Å². The van der Waals surface area contributed by atoms with E-state index in [9.17, 15) is 13.2 Å². The number of halogens is 1. The Labute approximate surface area is 101 Å². The Bertz CT molecular complexity index is 596. The Morgan fingerprint density at radius 2 is 2.06 bits per heavy atom. The second-order valence-electron chi connectivity index (χ2n) is 3.05. The molecule has 1 aromatic carbocycles.